The van der Waals surface area contributed by atoms with Crippen LogP contribution < -0.4 is 4.68 Å². The van der Waals surface area contributed by atoms with Gasteiger partial charge in [-0.15, -0.1) is 0 Å². The van der Waals surface area contributed by atoms with E-state index in [9.17, 15) is 0 Å². The van der Waals surface area contributed by atoms with Crippen LogP contribution in [-0.2, 0) is 26.7 Å². The molecule has 0 radical (unpaired) electrons. The number of hydrogen-bond donors (Lipinski definition) is 0. The van der Waals surface area contributed by atoms with E-state index in [0.717, 1.165) is 5.82 Å². The smallest absolute Gasteiger partial charge is 0.313 e. The fourth-order valence-corrected chi connectivity index (χ4v) is 0.883. The lowest BCUT2D eigenvalue weighted by Gasteiger charge is -1.96. The van der Waals surface area contributed by atoms with Gasteiger partial charge < -0.3 is 12.6 Å². The van der Waals surface area contributed by atoms with Crippen molar-refractivity contribution in [3.63, 3.8) is 0 Å². The maximum atomic E-state index is 4.89. The van der Waals surface area contributed by atoms with Crippen molar-refractivity contribution < 1.29 is 4.68 Å². The van der Waals surface area contributed by atoms with E-state index >= 15 is 0 Å². The van der Waals surface area contributed by atoms with E-state index in [1.54, 1.807) is 0 Å². The summed E-state index contributed by atoms with van der Waals surface area (Å²) in [5, 5.41) is 0.634. The summed E-state index contributed by atoms with van der Waals surface area (Å²) in [6, 6.07) is 0. The van der Waals surface area contributed by atoms with E-state index in [2.05, 4.69) is 4.98 Å². The molecule has 0 aliphatic rings. The zero-order chi connectivity index (χ0) is 7.02. The molecule has 1 aromatic heterocycles. The largest absolute Gasteiger partial charge is 0.711 e. The highest BCUT2D eigenvalue weighted by Gasteiger charge is 2.05. The molecule has 0 fully saturated rings. The third kappa shape index (κ3) is 0.896. The fourth-order valence-electron chi connectivity index (χ4n) is 0.629. The zero-order valence-corrected chi connectivity index (χ0v) is 6.57. The van der Waals surface area contributed by atoms with Gasteiger partial charge in [0.05, 0.1) is 0 Å². The van der Waals surface area contributed by atoms with Crippen LogP contribution in [0.1, 0.15) is 5.82 Å². The second-order valence-electron chi connectivity index (χ2n) is 1.99. The molecule has 0 spiro atoms. The molecule has 1 heterocycles. The van der Waals surface area contributed by atoms with Crippen molar-refractivity contribution in [3.05, 3.63) is 5.82 Å². The first-order valence-corrected chi connectivity index (χ1v) is 3.10. The van der Waals surface area contributed by atoms with Crippen molar-refractivity contribution in [2.45, 2.75) is 12.1 Å². The third-order valence-electron chi connectivity index (χ3n) is 1.45. The van der Waals surface area contributed by atoms with Crippen LogP contribution in [0.5, 0.6) is 0 Å². The van der Waals surface area contributed by atoms with Crippen LogP contribution in [0, 0.1) is 6.92 Å². The normalized spacial score (nSPS) is 10.1. The number of rotatable bonds is 0. The summed E-state index contributed by atoms with van der Waals surface area (Å²) >= 11 is 4.89. The quantitative estimate of drug-likeness (QED) is 0.359. The predicted octanol–water partition coefficient (Wildman–Crippen LogP) is -0.541. The van der Waals surface area contributed by atoms with Crippen molar-refractivity contribution in [3.8, 4) is 0 Å². The minimum Gasteiger partial charge on any atom is -0.711 e. The Morgan fingerprint density at radius 3 is 2.33 bits per heavy atom. The lowest BCUT2D eigenvalue weighted by Crippen LogP contribution is -2.39. The van der Waals surface area contributed by atoms with Crippen LogP contribution in [-0.4, -0.2) is 9.67 Å². The van der Waals surface area contributed by atoms with Gasteiger partial charge in [0, 0.05) is 14.0 Å². The predicted molar refractivity (Wildman–Crippen MR) is 34.8 cm³/mol. The number of hydrogen-bond acceptors (Lipinski definition) is 2. The Hall–Kier alpha value is -0.640. The lowest BCUT2D eigenvalue weighted by molar-refractivity contribution is -0.760. The molecule has 0 atom stereocenters. The fraction of sp³-hybridized carbons (Fsp3) is 0.600. The Bertz CT molecular complexity index is 206. The standard InChI is InChI=1S/C5H9N3S/c1-4-6-5(9)8(3)7(4)2/h1-3H3. The van der Waals surface area contributed by atoms with Gasteiger partial charge in [-0.3, -0.25) is 0 Å². The summed E-state index contributed by atoms with van der Waals surface area (Å²) in [6.45, 7) is 1.93. The number of aryl methyl sites for hydroxylation is 1. The number of aromatic nitrogens is 3. The van der Waals surface area contributed by atoms with Crippen molar-refractivity contribution in [2.24, 2.45) is 14.1 Å². The van der Waals surface area contributed by atoms with Gasteiger partial charge in [0.1, 0.15) is 12.2 Å². The van der Waals surface area contributed by atoms with Gasteiger partial charge in [-0.2, -0.15) is 4.68 Å². The van der Waals surface area contributed by atoms with E-state index in [0.29, 0.717) is 5.16 Å². The summed E-state index contributed by atoms with van der Waals surface area (Å²) in [7, 11) is 3.82. The maximum absolute atomic E-state index is 4.89. The molecule has 1 aromatic rings. The van der Waals surface area contributed by atoms with Crippen molar-refractivity contribution in [1.82, 2.24) is 9.67 Å². The van der Waals surface area contributed by atoms with Crippen LogP contribution in [0.25, 0.3) is 0 Å². The van der Waals surface area contributed by atoms with Gasteiger partial charge >= 0.3 is 5.82 Å². The Balaban J connectivity index is 3.29. The first kappa shape index (κ1) is 6.48. The molecule has 0 saturated carbocycles. The van der Waals surface area contributed by atoms with Crippen molar-refractivity contribution in [1.29, 1.82) is 0 Å². The van der Waals surface area contributed by atoms with E-state index in [-0.39, 0.29) is 0 Å². The second kappa shape index (κ2) is 1.95. The summed E-state index contributed by atoms with van der Waals surface area (Å²) in [5.74, 6) is 0.947. The maximum Gasteiger partial charge on any atom is 0.313 e. The highest BCUT2D eigenvalue weighted by molar-refractivity contribution is 7.58. The molecular formula is C5H9N3S. The molecule has 0 N–H and O–H groups in total. The Kier molecular flexibility index (Phi) is 1.40. The molecule has 50 valence electrons. The van der Waals surface area contributed by atoms with Crippen LogP contribution in [0.2, 0.25) is 0 Å². The summed E-state index contributed by atoms with van der Waals surface area (Å²) in [6.07, 6.45) is 0. The highest BCUT2D eigenvalue weighted by Crippen LogP contribution is 1.87. The van der Waals surface area contributed by atoms with Crippen LogP contribution >= 0.6 is 0 Å². The molecule has 4 heteroatoms. The molecule has 0 saturated heterocycles. The van der Waals surface area contributed by atoms with Gasteiger partial charge in [-0.25, -0.2) is 4.68 Å². The summed E-state index contributed by atoms with van der Waals surface area (Å²) in [5.41, 5.74) is 0. The third-order valence-corrected chi connectivity index (χ3v) is 1.81. The topological polar surface area (TPSA) is 21.7 Å². The molecule has 0 amide bonds. The molecule has 3 nitrogen and oxygen atoms in total. The van der Waals surface area contributed by atoms with Crippen molar-refractivity contribution in [2.75, 3.05) is 0 Å². The first-order valence-electron chi connectivity index (χ1n) is 2.69. The molecule has 1 rings (SSSR count). The second-order valence-corrected chi connectivity index (χ2v) is 2.35. The zero-order valence-electron chi connectivity index (χ0n) is 5.75. The molecule has 0 aromatic carbocycles. The van der Waals surface area contributed by atoms with Gasteiger partial charge in [0.15, 0.2) is 0 Å². The van der Waals surface area contributed by atoms with Crippen molar-refractivity contribution >= 4 is 12.6 Å². The van der Waals surface area contributed by atoms with Crippen LogP contribution in [0.15, 0.2) is 5.16 Å². The van der Waals surface area contributed by atoms with E-state index in [1.165, 1.54) is 0 Å². The molecule has 0 aliphatic carbocycles. The summed E-state index contributed by atoms with van der Waals surface area (Å²) < 4.78 is 3.73. The van der Waals surface area contributed by atoms with E-state index < -0.39 is 0 Å². The molecule has 0 bridgehead atoms. The SMILES string of the molecule is Cc1nc([S-])n(C)[n+]1C. The minimum atomic E-state index is 0.634. The highest BCUT2D eigenvalue weighted by atomic mass is 32.1. The number of nitrogens with zero attached hydrogens (tertiary/aromatic N) is 3. The molecule has 0 unspecified atom stereocenters. The van der Waals surface area contributed by atoms with Crippen LogP contribution in [0.4, 0.5) is 0 Å². The van der Waals surface area contributed by atoms with Gasteiger partial charge in [-0.1, -0.05) is 4.98 Å². The van der Waals surface area contributed by atoms with Gasteiger partial charge in [-0.05, 0) is 0 Å². The first-order chi connectivity index (χ1) is 4.13. The Morgan fingerprint density at radius 2 is 2.22 bits per heavy atom. The average molecular weight is 143 g/mol. The molecular weight excluding hydrogens is 134 g/mol. The van der Waals surface area contributed by atoms with Crippen LogP contribution in [0.3, 0.4) is 0 Å². The molecule has 0 aliphatic heterocycles. The Morgan fingerprint density at radius 1 is 1.67 bits per heavy atom. The van der Waals surface area contributed by atoms with E-state index in [1.807, 2.05) is 30.4 Å². The van der Waals surface area contributed by atoms with Gasteiger partial charge in [0.25, 0.3) is 0 Å². The van der Waals surface area contributed by atoms with Gasteiger partial charge in [0.2, 0.25) is 0 Å². The summed E-state index contributed by atoms with van der Waals surface area (Å²) in [4.78, 5) is 4.05. The monoisotopic (exact) mass is 143 g/mol. The Labute approximate surface area is 59.7 Å². The molecule has 9 heavy (non-hydrogen) atoms. The average Bonchev–Trinajstić information content (AvgIpc) is 1.98. The minimum absolute atomic E-state index is 0.634. The lowest BCUT2D eigenvalue weighted by atomic mass is 10.7. The van der Waals surface area contributed by atoms with E-state index in [4.69, 9.17) is 12.6 Å².